The molecule has 0 heterocycles. The maximum absolute atomic E-state index is 13.2. The number of ether oxygens (including phenoxy) is 2. The maximum atomic E-state index is 13.2. The molecule has 0 bridgehead atoms. The van der Waals surface area contributed by atoms with Crippen LogP contribution in [0.5, 0.6) is 11.5 Å². The Bertz CT molecular complexity index is 719. The van der Waals surface area contributed by atoms with Crippen LogP contribution < -0.4 is 14.8 Å². The van der Waals surface area contributed by atoms with Gasteiger partial charge in [0.2, 0.25) is 5.91 Å². The average molecular weight is 315 g/mol. The normalized spacial score (nSPS) is 10.6. The van der Waals surface area contributed by atoms with Crippen LogP contribution in [0.4, 0.5) is 10.1 Å². The van der Waals surface area contributed by atoms with E-state index >= 15 is 0 Å². The number of benzene rings is 2. The van der Waals surface area contributed by atoms with E-state index in [-0.39, 0.29) is 5.91 Å². The van der Waals surface area contributed by atoms with Gasteiger partial charge in [0.05, 0.1) is 19.8 Å². The summed E-state index contributed by atoms with van der Waals surface area (Å²) in [6.07, 6.45) is 2.95. The molecule has 0 unspecified atom stereocenters. The fourth-order valence-electron chi connectivity index (χ4n) is 2.11. The van der Waals surface area contributed by atoms with E-state index in [0.29, 0.717) is 22.7 Å². The van der Waals surface area contributed by atoms with Crippen LogP contribution in [-0.2, 0) is 4.79 Å². The summed E-state index contributed by atoms with van der Waals surface area (Å²) in [5, 5.41) is 2.65. The lowest BCUT2D eigenvalue weighted by atomic mass is 10.1. The van der Waals surface area contributed by atoms with E-state index in [9.17, 15) is 9.18 Å². The summed E-state index contributed by atoms with van der Waals surface area (Å²) in [5.74, 6) is 0.415. The van der Waals surface area contributed by atoms with Crippen molar-refractivity contribution in [3.05, 3.63) is 59.4 Å². The lowest BCUT2D eigenvalue weighted by molar-refractivity contribution is -0.111. The van der Waals surface area contributed by atoms with Crippen LogP contribution in [-0.4, -0.2) is 20.1 Å². The predicted molar refractivity (Wildman–Crippen MR) is 88.3 cm³/mol. The van der Waals surface area contributed by atoms with Gasteiger partial charge in [0, 0.05) is 11.8 Å². The minimum Gasteiger partial charge on any atom is -0.496 e. The Morgan fingerprint density at radius 1 is 1.13 bits per heavy atom. The van der Waals surface area contributed by atoms with Crippen molar-refractivity contribution in [2.75, 3.05) is 19.5 Å². The molecule has 1 amide bonds. The molecule has 0 radical (unpaired) electrons. The third kappa shape index (κ3) is 4.10. The van der Waals surface area contributed by atoms with Gasteiger partial charge in [-0.1, -0.05) is 12.1 Å². The monoisotopic (exact) mass is 315 g/mol. The Balaban J connectivity index is 2.20. The van der Waals surface area contributed by atoms with Crippen molar-refractivity contribution in [1.82, 2.24) is 0 Å². The van der Waals surface area contributed by atoms with Gasteiger partial charge in [0.1, 0.15) is 17.3 Å². The highest BCUT2D eigenvalue weighted by atomic mass is 19.1. The van der Waals surface area contributed by atoms with Gasteiger partial charge in [0.15, 0.2) is 0 Å². The first kappa shape index (κ1) is 16.5. The number of amides is 1. The number of carbonyl (C=O) groups excluding carboxylic acids is 1. The van der Waals surface area contributed by atoms with Crippen molar-refractivity contribution in [3.8, 4) is 11.5 Å². The van der Waals surface area contributed by atoms with E-state index in [0.717, 1.165) is 5.56 Å². The molecular formula is C18H18FNO3. The quantitative estimate of drug-likeness (QED) is 0.854. The molecular weight excluding hydrogens is 297 g/mol. The number of aryl methyl sites for hydroxylation is 1. The van der Waals surface area contributed by atoms with Crippen LogP contribution in [0.2, 0.25) is 0 Å². The molecule has 2 rings (SSSR count). The number of carbonyl (C=O) groups is 1. The minimum atomic E-state index is -0.402. The molecule has 0 atom stereocenters. The number of anilines is 1. The molecule has 0 aliphatic heterocycles. The minimum absolute atomic E-state index is 0.369. The van der Waals surface area contributed by atoms with Crippen LogP contribution in [0.1, 0.15) is 11.1 Å². The van der Waals surface area contributed by atoms with E-state index in [4.69, 9.17) is 9.47 Å². The first-order chi connectivity index (χ1) is 11.0. The number of methoxy groups -OCH3 is 2. The molecule has 0 aromatic heterocycles. The second-order valence-corrected chi connectivity index (χ2v) is 4.86. The first-order valence-corrected chi connectivity index (χ1v) is 7.01. The van der Waals surface area contributed by atoms with Gasteiger partial charge in [-0.25, -0.2) is 4.39 Å². The molecule has 0 aliphatic rings. The van der Waals surface area contributed by atoms with Gasteiger partial charge in [-0.05, 0) is 42.8 Å². The molecule has 0 aliphatic carbocycles. The van der Waals surface area contributed by atoms with E-state index < -0.39 is 5.82 Å². The summed E-state index contributed by atoms with van der Waals surface area (Å²) in [7, 11) is 3.09. The third-order valence-electron chi connectivity index (χ3n) is 3.32. The Kier molecular flexibility index (Phi) is 5.36. The predicted octanol–water partition coefficient (Wildman–Crippen LogP) is 3.80. The maximum Gasteiger partial charge on any atom is 0.248 e. The molecule has 0 saturated heterocycles. The van der Waals surface area contributed by atoms with Gasteiger partial charge in [-0.2, -0.15) is 0 Å². The molecule has 0 fully saturated rings. The second kappa shape index (κ2) is 7.45. The summed E-state index contributed by atoms with van der Waals surface area (Å²) in [4.78, 5) is 12.0. The average Bonchev–Trinajstić information content (AvgIpc) is 2.55. The van der Waals surface area contributed by atoms with Gasteiger partial charge >= 0.3 is 0 Å². The van der Waals surface area contributed by atoms with Crippen molar-refractivity contribution in [2.45, 2.75) is 6.92 Å². The van der Waals surface area contributed by atoms with E-state index in [1.807, 2.05) is 0 Å². The molecule has 4 nitrogen and oxygen atoms in total. The molecule has 2 aromatic carbocycles. The van der Waals surface area contributed by atoms with Crippen LogP contribution in [0.15, 0.2) is 42.5 Å². The summed E-state index contributed by atoms with van der Waals surface area (Å²) < 4.78 is 23.8. The van der Waals surface area contributed by atoms with Crippen molar-refractivity contribution in [2.24, 2.45) is 0 Å². The number of nitrogens with one attached hydrogen (secondary N) is 1. The largest absolute Gasteiger partial charge is 0.496 e. The first-order valence-electron chi connectivity index (χ1n) is 7.01. The topological polar surface area (TPSA) is 47.6 Å². The summed E-state index contributed by atoms with van der Waals surface area (Å²) >= 11 is 0. The van der Waals surface area contributed by atoms with E-state index in [2.05, 4.69) is 5.32 Å². The Hall–Kier alpha value is -2.82. The molecule has 120 valence electrons. The third-order valence-corrected chi connectivity index (χ3v) is 3.32. The van der Waals surface area contributed by atoms with Gasteiger partial charge in [0.25, 0.3) is 0 Å². The number of rotatable bonds is 5. The Morgan fingerprint density at radius 2 is 1.78 bits per heavy atom. The zero-order valence-corrected chi connectivity index (χ0v) is 13.2. The van der Waals surface area contributed by atoms with Crippen molar-refractivity contribution < 1.29 is 18.7 Å². The second-order valence-electron chi connectivity index (χ2n) is 4.86. The van der Waals surface area contributed by atoms with Crippen molar-refractivity contribution in [3.63, 3.8) is 0 Å². The molecule has 0 spiro atoms. The molecule has 2 aromatic rings. The van der Waals surface area contributed by atoms with Crippen LogP contribution >= 0.6 is 0 Å². The highest BCUT2D eigenvalue weighted by molar-refractivity contribution is 6.02. The summed E-state index contributed by atoms with van der Waals surface area (Å²) in [6.45, 7) is 1.79. The van der Waals surface area contributed by atoms with E-state index in [1.165, 1.54) is 18.2 Å². The zero-order chi connectivity index (χ0) is 16.8. The SMILES string of the molecule is COc1cccc(OC)c1/C=C/C(=O)Nc1cc(F)ccc1C. The fraction of sp³-hybridized carbons (Fsp3) is 0.167. The molecule has 5 heteroatoms. The summed E-state index contributed by atoms with van der Waals surface area (Å²) in [5.41, 5.74) is 1.87. The van der Waals surface area contributed by atoms with Crippen molar-refractivity contribution in [1.29, 1.82) is 0 Å². The van der Waals surface area contributed by atoms with E-state index in [1.54, 1.807) is 51.5 Å². The lowest BCUT2D eigenvalue weighted by Gasteiger charge is -2.10. The lowest BCUT2D eigenvalue weighted by Crippen LogP contribution is -2.09. The smallest absolute Gasteiger partial charge is 0.248 e. The van der Waals surface area contributed by atoms with Crippen LogP contribution in [0.3, 0.4) is 0 Å². The number of hydrogen-bond donors (Lipinski definition) is 1. The van der Waals surface area contributed by atoms with Crippen LogP contribution in [0, 0.1) is 12.7 Å². The fourth-order valence-corrected chi connectivity index (χ4v) is 2.11. The van der Waals surface area contributed by atoms with Crippen molar-refractivity contribution >= 4 is 17.7 Å². The van der Waals surface area contributed by atoms with Gasteiger partial charge in [-0.15, -0.1) is 0 Å². The number of hydrogen-bond acceptors (Lipinski definition) is 3. The molecule has 23 heavy (non-hydrogen) atoms. The highest BCUT2D eigenvalue weighted by Gasteiger charge is 2.08. The van der Waals surface area contributed by atoms with Gasteiger partial charge < -0.3 is 14.8 Å². The standard InChI is InChI=1S/C18H18FNO3/c1-12-7-8-13(19)11-15(12)20-18(21)10-9-14-16(22-2)5-4-6-17(14)23-3/h4-11H,1-3H3,(H,20,21)/b10-9+. The van der Waals surface area contributed by atoms with Crippen LogP contribution in [0.25, 0.3) is 6.08 Å². The highest BCUT2D eigenvalue weighted by Crippen LogP contribution is 2.29. The Morgan fingerprint density at radius 3 is 2.39 bits per heavy atom. The Labute approximate surface area is 134 Å². The zero-order valence-electron chi connectivity index (χ0n) is 13.2. The molecule has 1 N–H and O–H groups in total. The number of halogens is 1. The van der Waals surface area contributed by atoms with Gasteiger partial charge in [-0.3, -0.25) is 4.79 Å². The molecule has 0 saturated carbocycles. The summed E-state index contributed by atoms with van der Waals surface area (Å²) in [6, 6.07) is 9.59.